The van der Waals surface area contributed by atoms with E-state index in [2.05, 4.69) is 0 Å². The molecule has 0 saturated carbocycles. The van der Waals surface area contributed by atoms with Gasteiger partial charge in [0.1, 0.15) is 5.84 Å². The van der Waals surface area contributed by atoms with Crippen molar-refractivity contribution >= 4 is 21.5 Å². The summed E-state index contributed by atoms with van der Waals surface area (Å²) in [6, 6.07) is 7.12. The molecule has 0 unspecified atom stereocenters. The SMILES string of the molecule is CCS(=O)(=O)N(CC(=N)N)c1cccc(C)c1. The van der Waals surface area contributed by atoms with Gasteiger partial charge in [-0.15, -0.1) is 0 Å². The molecule has 94 valence electrons. The lowest BCUT2D eigenvalue weighted by molar-refractivity contribution is 0.594. The third kappa shape index (κ3) is 3.45. The molecule has 0 amide bonds. The Balaban J connectivity index is 3.20. The molecule has 0 aliphatic heterocycles. The summed E-state index contributed by atoms with van der Waals surface area (Å²) in [5, 5.41) is 7.25. The van der Waals surface area contributed by atoms with E-state index in [1.54, 1.807) is 25.1 Å². The first kappa shape index (κ1) is 13.5. The predicted molar refractivity (Wildman–Crippen MR) is 69.9 cm³/mol. The highest BCUT2D eigenvalue weighted by atomic mass is 32.2. The molecule has 0 aliphatic carbocycles. The van der Waals surface area contributed by atoms with Gasteiger partial charge in [-0.25, -0.2) is 8.42 Å². The van der Waals surface area contributed by atoms with Gasteiger partial charge in [0.15, 0.2) is 0 Å². The summed E-state index contributed by atoms with van der Waals surface area (Å²) in [6.45, 7) is 3.34. The Morgan fingerprint density at radius 1 is 1.47 bits per heavy atom. The van der Waals surface area contributed by atoms with E-state index < -0.39 is 10.0 Å². The average molecular weight is 255 g/mol. The van der Waals surface area contributed by atoms with Crippen LogP contribution in [-0.2, 0) is 10.0 Å². The summed E-state index contributed by atoms with van der Waals surface area (Å²) >= 11 is 0. The fraction of sp³-hybridized carbons (Fsp3) is 0.364. The minimum atomic E-state index is -3.41. The molecular weight excluding hydrogens is 238 g/mol. The third-order valence-electron chi connectivity index (χ3n) is 2.30. The summed E-state index contributed by atoms with van der Waals surface area (Å²) < 4.78 is 25.0. The van der Waals surface area contributed by atoms with E-state index in [-0.39, 0.29) is 18.1 Å². The number of hydrogen-bond acceptors (Lipinski definition) is 3. The van der Waals surface area contributed by atoms with Crippen LogP contribution < -0.4 is 10.0 Å². The van der Waals surface area contributed by atoms with E-state index in [4.69, 9.17) is 11.1 Å². The summed E-state index contributed by atoms with van der Waals surface area (Å²) in [5.74, 6) is -0.197. The first-order chi connectivity index (χ1) is 7.86. The molecule has 0 radical (unpaired) electrons. The molecular formula is C11H17N3O2S. The molecule has 0 aliphatic rings. The first-order valence-corrected chi connectivity index (χ1v) is 6.87. The fourth-order valence-corrected chi connectivity index (χ4v) is 2.53. The lowest BCUT2D eigenvalue weighted by Gasteiger charge is -2.23. The Bertz CT molecular complexity index is 511. The molecule has 0 fully saturated rings. The molecule has 0 heterocycles. The predicted octanol–water partition coefficient (Wildman–Crippen LogP) is 1.09. The average Bonchev–Trinajstić information content (AvgIpc) is 2.25. The monoisotopic (exact) mass is 255 g/mol. The maximum Gasteiger partial charge on any atom is 0.235 e. The lowest BCUT2D eigenvalue weighted by atomic mass is 10.2. The number of rotatable bonds is 5. The molecule has 1 aromatic rings. The van der Waals surface area contributed by atoms with Crippen molar-refractivity contribution in [3.63, 3.8) is 0 Å². The minimum Gasteiger partial charge on any atom is -0.386 e. The van der Waals surface area contributed by atoms with Gasteiger partial charge in [0.05, 0.1) is 18.0 Å². The lowest BCUT2D eigenvalue weighted by Crippen LogP contribution is -2.39. The molecule has 0 spiro atoms. The number of nitrogens with one attached hydrogen (secondary N) is 1. The molecule has 17 heavy (non-hydrogen) atoms. The summed E-state index contributed by atoms with van der Waals surface area (Å²) in [4.78, 5) is 0. The molecule has 1 aromatic carbocycles. The van der Waals surface area contributed by atoms with Gasteiger partial charge in [0.2, 0.25) is 10.0 Å². The van der Waals surface area contributed by atoms with Crippen molar-refractivity contribution in [1.82, 2.24) is 0 Å². The Labute approximate surface area is 102 Å². The van der Waals surface area contributed by atoms with Crippen molar-refractivity contribution in [2.45, 2.75) is 13.8 Å². The number of amidine groups is 1. The largest absolute Gasteiger partial charge is 0.386 e. The smallest absolute Gasteiger partial charge is 0.235 e. The van der Waals surface area contributed by atoms with Crippen LogP contribution in [0.3, 0.4) is 0 Å². The van der Waals surface area contributed by atoms with Crippen molar-refractivity contribution < 1.29 is 8.42 Å². The number of anilines is 1. The molecule has 6 heteroatoms. The summed E-state index contributed by atoms with van der Waals surface area (Å²) in [5.41, 5.74) is 6.80. The van der Waals surface area contributed by atoms with Crippen LogP contribution in [0.2, 0.25) is 0 Å². The number of aryl methyl sites for hydroxylation is 1. The number of nitrogens with two attached hydrogens (primary N) is 1. The Kier molecular flexibility index (Phi) is 4.11. The maximum absolute atomic E-state index is 11.9. The van der Waals surface area contributed by atoms with Gasteiger partial charge in [0, 0.05) is 0 Å². The van der Waals surface area contributed by atoms with Gasteiger partial charge >= 0.3 is 0 Å². The van der Waals surface area contributed by atoms with E-state index in [1.165, 1.54) is 4.31 Å². The fourth-order valence-electron chi connectivity index (χ4n) is 1.44. The summed E-state index contributed by atoms with van der Waals surface area (Å²) in [6.07, 6.45) is 0. The topological polar surface area (TPSA) is 87.2 Å². The number of nitrogens with zero attached hydrogens (tertiary/aromatic N) is 1. The molecule has 5 nitrogen and oxygen atoms in total. The molecule has 0 aromatic heterocycles. The van der Waals surface area contributed by atoms with Crippen LogP contribution >= 0.6 is 0 Å². The van der Waals surface area contributed by atoms with Crippen molar-refractivity contribution in [3.8, 4) is 0 Å². The van der Waals surface area contributed by atoms with Crippen LogP contribution in [-0.4, -0.2) is 26.6 Å². The Morgan fingerprint density at radius 2 is 2.12 bits per heavy atom. The second-order valence-electron chi connectivity index (χ2n) is 3.77. The quantitative estimate of drug-likeness (QED) is 0.610. The molecule has 0 atom stereocenters. The zero-order valence-corrected chi connectivity index (χ0v) is 10.8. The highest BCUT2D eigenvalue weighted by Gasteiger charge is 2.21. The highest BCUT2D eigenvalue weighted by Crippen LogP contribution is 2.19. The van der Waals surface area contributed by atoms with Crippen molar-refractivity contribution in [3.05, 3.63) is 29.8 Å². The summed E-state index contributed by atoms with van der Waals surface area (Å²) in [7, 11) is -3.41. The second-order valence-corrected chi connectivity index (χ2v) is 5.95. The minimum absolute atomic E-state index is 0.0196. The first-order valence-electron chi connectivity index (χ1n) is 5.27. The third-order valence-corrected chi connectivity index (χ3v) is 4.05. The zero-order valence-electron chi connectivity index (χ0n) is 9.97. The van der Waals surface area contributed by atoms with Crippen LogP contribution in [0.5, 0.6) is 0 Å². The second kappa shape index (κ2) is 5.18. The molecule has 3 N–H and O–H groups in total. The Morgan fingerprint density at radius 3 is 2.59 bits per heavy atom. The van der Waals surface area contributed by atoms with E-state index in [0.717, 1.165) is 5.56 Å². The highest BCUT2D eigenvalue weighted by molar-refractivity contribution is 7.92. The van der Waals surface area contributed by atoms with Gasteiger partial charge in [0.25, 0.3) is 0 Å². The molecule has 0 bridgehead atoms. The van der Waals surface area contributed by atoms with Gasteiger partial charge < -0.3 is 5.73 Å². The normalized spacial score (nSPS) is 11.2. The van der Waals surface area contributed by atoms with Crippen LogP contribution in [0.25, 0.3) is 0 Å². The van der Waals surface area contributed by atoms with Crippen LogP contribution in [0, 0.1) is 12.3 Å². The standard InChI is InChI=1S/C11H17N3O2S/c1-3-17(15,16)14(8-11(12)13)10-6-4-5-9(2)7-10/h4-7H,3,8H2,1-2H3,(H3,12,13). The molecule has 0 saturated heterocycles. The van der Waals surface area contributed by atoms with E-state index in [9.17, 15) is 8.42 Å². The van der Waals surface area contributed by atoms with Gasteiger partial charge in [-0.05, 0) is 31.5 Å². The number of sulfonamides is 1. The van der Waals surface area contributed by atoms with Crippen LogP contribution in [0.1, 0.15) is 12.5 Å². The van der Waals surface area contributed by atoms with Gasteiger partial charge in [-0.3, -0.25) is 9.71 Å². The number of hydrogen-bond donors (Lipinski definition) is 2. The van der Waals surface area contributed by atoms with Crippen molar-refractivity contribution in [1.29, 1.82) is 5.41 Å². The maximum atomic E-state index is 11.9. The van der Waals surface area contributed by atoms with Gasteiger partial charge in [-0.1, -0.05) is 12.1 Å². The van der Waals surface area contributed by atoms with E-state index in [1.807, 2.05) is 13.0 Å². The van der Waals surface area contributed by atoms with Crippen LogP contribution in [0.4, 0.5) is 5.69 Å². The zero-order chi connectivity index (χ0) is 13.1. The molecule has 1 rings (SSSR count). The van der Waals surface area contributed by atoms with E-state index >= 15 is 0 Å². The van der Waals surface area contributed by atoms with E-state index in [0.29, 0.717) is 5.69 Å². The van der Waals surface area contributed by atoms with Gasteiger partial charge in [-0.2, -0.15) is 0 Å². The van der Waals surface area contributed by atoms with Crippen LogP contribution in [0.15, 0.2) is 24.3 Å². The Hall–Kier alpha value is -1.56. The van der Waals surface area contributed by atoms with Crippen molar-refractivity contribution in [2.24, 2.45) is 5.73 Å². The number of benzene rings is 1. The van der Waals surface area contributed by atoms with Crippen molar-refractivity contribution in [2.75, 3.05) is 16.6 Å².